The molecule has 162 valence electrons. The highest BCUT2D eigenvalue weighted by molar-refractivity contribution is 7.22. The van der Waals surface area contributed by atoms with E-state index in [0.717, 1.165) is 43.2 Å². The second kappa shape index (κ2) is 8.20. The molecule has 6 nitrogen and oxygen atoms in total. The quantitative estimate of drug-likeness (QED) is 0.660. The fourth-order valence-electron chi connectivity index (χ4n) is 5.00. The molecule has 0 radical (unpaired) electrons. The van der Waals surface area contributed by atoms with Crippen LogP contribution in [0.1, 0.15) is 25.7 Å². The van der Waals surface area contributed by atoms with Gasteiger partial charge in [-0.3, -0.25) is 0 Å². The molecule has 2 aromatic carbocycles. The van der Waals surface area contributed by atoms with Gasteiger partial charge in [0.1, 0.15) is 0 Å². The molecule has 3 aliphatic rings. The summed E-state index contributed by atoms with van der Waals surface area (Å²) in [5, 5.41) is 5.14. The summed E-state index contributed by atoms with van der Waals surface area (Å²) in [7, 11) is 0. The molecule has 31 heavy (non-hydrogen) atoms. The van der Waals surface area contributed by atoms with Crippen molar-refractivity contribution in [1.29, 1.82) is 0 Å². The molecular weight excluding hydrogens is 408 g/mol. The van der Waals surface area contributed by atoms with E-state index in [1.165, 1.54) is 41.2 Å². The largest absolute Gasteiger partial charge is 0.454 e. The van der Waals surface area contributed by atoms with Gasteiger partial charge < -0.3 is 24.6 Å². The van der Waals surface area contributed by atoms with Crippen LogP contribution in [-0.2, 0) is 0 Å². The summed E-state index contributed by atoms with van der Waals surface area (Å²) in [6.07, 6.45) is 4.82. The highest BCUT2D eigenvalue weighted by Crippen LogP contribution is 2.36. The first kappa shape index (κ1) is 19.2. The normalized spacial score (nSPS) is 21.7. The maximum Gasteiger partial charge on any atom is 0.231 e. The number of hydrogen-bond donors (Lipinski definition) is 1. The van der Waals surface area contributed by atoms with Gasteiger partial charge in [-0.2, -0.15) is 0 Å². The number of rotatable bonds is 4. The van der Waals surface area contributed by atoms with Crippen LogP contribution in [0.5, 0.6) is 11.5 Å². The number of hydrogen-bond acceptors (Lipinski definition) is 7. The molecule has 0 aliphatic carbocycles. The molecule has 0 saturated carbocycles. The van der Waals surface area contributed by atoms with Gasteiger partial charge >= 0.3 is 0 Å². The highest BCUT2D eigenvalue weighted by atomic mass is 32.1. The van der Waals surface area contributed by atoms with Crippen LogP contribution in [0.3, 0.4) is 0 Å². The lowest BCUT2D eigenvalue weighted by Crippen LogP contribution is -2.52. The summed E-state index contributed by atoms with van der Waals surface area (Å²) in [6, 6.07) is 15.9. The smallest absolute Gasteiger partial charge is 0.231 e. The van der Waals surface area contributed by atoms with Crippen LogP contribution in [-0.4, -0.2) is 50.0 Å². The van der Waals surface area contributed by atoms with E-state index in [4.69, 9.17) is 14.5 Å². The van der Waals surface area contributed by atoms with E-state index < -0.39 is 0 Å². The number of fused-ring (bicyclic) bond motifs is 2. The lowest BCUT2D eigenvalue weighted by atomic mass is 10.00. The number of anilines is 2. The summed E-state index contributed by atoms with van der Waals surface area (Å²) in [5.41, 5.74) is 2.36. The molecular formula is C24H28N4O2S. The van der Waals surface area contributed by atoms with Crippen LogP contribution in [0.4, 0.5) is 10.8 Å². The monoisotopic (exact) mass is 436 g/mol. The van der Waals surface area contributed by atoms with Gasteiger partial charge in [-0.25, -0.2) is 4.98 Å². The second-order valence-corrected chi connectivity index (χ2v) is 9.72. The zero-order chi connectivity index (χ0) is 20.6. The van der Waals surface area contributed by atoms with Gasteiger partial charge in [0, 0.05) is 50.0 Å². The van der Waals surface area contributed by atoms with Gasteiger partial charge in [0.25, 0.3) is 0 Å². The van der Waals surface area contributed by atoms with Gasteiger partial charge in [0.2, 0.25) is 6.79 Å². The second-order valence-electron chi connectivity index (χ2n) is 8.71. The predicted molar refractivity (Wildman–Crippen MR) is 126 cm³/mol. The first-order chi connectivity index (χ1) is 15.3. The van der Waals surface area contributed by atoms with Gasteiger partial charge in [-0.05, 0) is 49.9 Å². The molecule has 0 amide bonds. The Hall–Kier alpha value is -2.51. The minimum absolute atomic E-state index is 0.334. The van der Waals surface area contributed by atoms with Crippen molar-refractivity contribution in [3.05, 3.63) is 42.5 Å². The van der Waals surface area contributed by atoms with Crippen molar-refractivity contribution in [2.45, 2.75) is 37.8 Å². The zero-order valence-electron chi connectivity index (χ0n) is 17.6. The maximum atomic E-state index is 5.55. The zero-order valence-corrected chi connectivity index (χ0v) is 18.4. The van der Waals surface area contributed by atoms with Crippen LogP contribution in [0.2, 0.25) is 0 Å². The maximum absolute atomic E-state index is 5.55. The summed E-state index contributed by atoms with van der Waals surface area (Å²) in [5.74, 6) is 1.73. The van der Waals surface area contributed by atoms with Crippen molar-refractivity contribution >= 4 is 32.4 Å². The Bertz CT molecular complexity index is 1030. The Balaban J connectivity index is 1.05. The van der Waals surface area contributed by atoms with Crippen LogP contribution in [0.15, 0.2) is 42.5 Å². The Morgan fingerprint density at radius 3 is 2.68 bits per heavy atom. The molecule has 3 aromatic rings. The number of aromatic nitrogens is 1. The number of nitrogens with one attached hydrogen (secondary N) is 1. The van der Waals surface area contributed by atoms with E-state index in [1.54, 1.807) is 0 Å². The molecule has 1 atom stereocenters. The molecule has 1 N–H and O–H groups in total. The summed E-state index contributed by atoms with van der Waals surface area (Å²) in [6.45, 7) is 4.65. The van der Waals surface area contributed by atoms with Crippen LogP contribution in [0.25, 0.3) is 10.2 Å². The molecule has 0 bridgehead atoms. The first-order valence-corrected chi connectivity index (χ1v) is 12.1. The van der Waals surface area contributed by atoms with E-state index in [9.17, 15) is 0 Å². The minimum atomic E-state index is 0.334. The van der Waals surface area contributed by atoms with Crippen molar-refractivity contribution in [2.75, 3.05) is 42.8 Å². The highest BCUT2D eigenvalue weighted by Gasteiger charge is 2.27. The van der Waals surface area contributed by atoms with Crippen molar-refractivity contribution in [2.24, 2.45) is 0 Å². The van der Waals surface area contributed by atoms with Crippen molar-refractivity contribution in [1.82, 2.24) is 10.3 Å². The van der Waals surface area contributed by atoms with E-state index in [0.29, 0.717) is 18.9 Å². The fourth-order valence-corrected chi connectivity index (χ4v) is 6.00. The molecule has 0 unspecified atom stereocenters. The third-order valence-electron chi connectivity index (χ3n) is 6.66. The number of nitrogens with zero attached hydrogens (tertiary/aromatic N) is 3. The van der Waals surface area contributed by atoms with Crippen molar-refractivity contribution < 1.29 is 9.47 Å². The third kappa shape index (κ3) is 3.92. The summed E-state index contributed by atoms with van der Waals surface area (Å²) in [4.78, 5) is 9.82. The SMILES string of the molecule is c1ccc2sc(N3CCC[C@H](NC4CCN(c5ccc6c(c5)OCO6)CC4)C3)nc2c1. The van der Waals surface area contributed by atoms with Crippen LogP contribution >= 0.6 is 11.3 Å². The molecule has 6 rings (SSSR count). The lowest BCUT2D eigenvalue weighted by Gasteiger charge is -2.39. The van der Waals surface area contributed by atoms with Gasteiger partial charge in [-0.15, -0.1) is 0 Å². The number of benzene rings is 2. The fraction of sp³-hybridized carbons (Fsp3) is 0.458. The number of piperidine rings is 2. The Morgan fingerprint density at radius 1 is 0.903 bits per heavy atom. The molecule has 7 heteroatoms. The van der Waals surface area contributed by atoms with Crippen molar-refractivity contribution in [3.63, 3.8) is 0 Å². The summed E-state index contributed by atoms with van der Waals surface area (Å²) >= 11 is 1.82. The predicted octanol–water partition coefficient (Wildman–Crippen LogP) is 4.25. The minimum Gasteiger partial charge on any atom is -0.454 e. The third-order valence-corrected chi connectivity index (χ3v) is 7.76. The number of thiazole rings is 1. The Morgan fingerprint density at radius 2 is 1.77 bits per heavy atom. The van der Waals surface area contributed by atoms with E-state index in [-0.39, 0.29) is 0 Å². The molecule has 3 aliphatic heterocycles. The van der Waals surface area contributed by atoms with Gasteiger partial charge in [0.05, 0.1) is 10.2 Å². The molecule has 2 saturated heterocycles. The Labute approximate surface area is 186 Å². The van der Waals surface area contributed by atoms with Gasteiger partial charge in [0.15, 0.2) is 16.6 Å². The van der Waals surface area contributed by atoms with Crippen LogP contribution < -0.4 is 24.6 Å². The molecule has 1 aromatic heterocycles. The Kier molecular flexibility index (Phi) is 5.08. The van der Waals surface area contributed by atoms with Crippen LogP contribution in [0, 0.1) is 0 Å². The molecule has 2 fully saturated rings. The van der Waals surface area contributed by atoms with E-state index in [2.05, 4.69) is 51.5 Å². The first-order valence-electron chi connectivity index (χ1n) is 11.3. The summed E-state index contributed by atoms with van der Waals surface area (Å²) < 4.78 is 12.3. The van der Waals surface area contributed by atoms with E-state index in [1.807, 2.05) is 17.4 Å². The molecule has 4 heterocycles. The average Bonchev–Trinajstić information content (AvgIpc) is 3.46. The van der Waals surface area contributed by atoms with Gasteiger partial charge in [-0.1, -0.05) is 23.5 Å². The number of para-hydroxylation sites is 1. The number of ether oxygens (including phenoxy) is 2. The standard InChI is InChI=1S/C24H28N4O2S/c1-2-6-23-20(5-1)26-24(31-23)28-11-3-4-18(15-28)25-17-9-12-27(13-10-17)19-7-8-21-22(14-19)30-16-29-21/h1-2,5-8,14,17-18,25H,3-4,9-13,15-16H2/t18-/m0/s1. The van der Waals surface area contributed by atoms with E-state index >= 15 is 0 Å². The topological polar surface area (TPSA) is 49.9 Å². The lowest BCUT2D eigenvalue weighted by molar-refractivity contribution is 0.174. The van der Waals surface area contributed by atoms with Crippen molar-refractivity contribution in [3.8, 4) is 11.5 Å². The molecule has 0 spiro atoms. The average molecular weight is 437 g/mol.